The molecule has 0 saturated carbocycles. The van der Waals surface area contributed by atoms with Crippen molar-refractivity contribution in [3.05, 3.63) is 58.1 Å². The van der Waals surface area contributed by atoms with E-state index in [1.807, 2.05) is 0 Å². The number of benzene rings is 2. The van der Waals surface area contributed by atoms with Gasteiger partial charge in [0.1, 0.15) is 17.2 Å². The SMILES string of the molecule is COc1ccc(NC(=O)COc2ccccc2C(N)=O)c([N+](=O)[O-])c1. The molecule has 0 radical (unpaired) electrons. The van der Waals surface area contributed by atoms with Crippen LogP contribution in [0, 0.1) is 10.1 Å². The van der Waals surface area contributed by atoms with E-state index in [9.17, 15) is 19.7 Å². The summed E-state index contributed by atoms with van der Waals surface area (Å²) in [6.07, 6.45) is 0. The zero-order valence-corrected chi connectivity index (χ0v) is 13.2. The highest BCUT2D eigenvalue weighted by Crippen LogP contribution is 2.29. The van der Waals surface area contributed by atoms with Crippen molar-refractivity contribution < 1.29 is 24.0 Å². The third-order valence-corrected chi connectivity index (χ3v) is 3.19. The van der Waals surface area contributed by atoms with E-state index in [1.54, 1.807) is 12.1 Å². The molecular formula is C16H15N3O6. The number of amides is 2. The van der Waals surface area contributed by atoms with Crippen LogP contribution in [-0.4, -0.2) is 30.5 Å². The fraction of sp³-hybridized carbons (Fsp3) is 0.125. The zero-order chi connectivity index (χ0) is 18.4. The molecule has 0 aliphatic heterocycles. The normalized spacial score (nSPS) is 9.96. The van der Waals surface area contributed by atoms with E-state index < -0.39 is 23.3 Å². The van der Waals surface area contributed by atoms with Gasteiger partial charge in [-0.15, -0.1) is 0 Å². The van der Waals surface area contributed by atoms with Gasteiger partial charge in [0, 0.05) is 0 Å². The summed E-state index contributed by atoms with van der Waals surface area (Å²) in [5.74, 6) is -0.889. The molecule has 0 spiro atoms. The molecule has 9 nitrogen and oxygen atoms in total. The number of nitrogens with two attached hydrogens (primary N) is 1. The monoisotopic (exact) mass is 345 g/mol. The van der Waals surface area contributed by atoms with Crippen LogP contribution in [0.5, 0.6) is 11.5 Å². The van der Waals surface area contributed by atoms with Crippen LogP contribution in [0.4, 0.5) is 11.4 Å². The summed E-state index contributed by atoms with van der Waals surface area (Å²) in [6, 6.07) is 10.2. The number of nitro groups is 1. The van der Waals surface area contributed by atoms with Crippen LogP contribution in [0.2, 0.25) is 0 Å². The molecule has 2 rings (SSSR count). The third-order valence-electron chi connectivity index (χ3n) is 3.19. The van der Waals surface area contributed by atoms with Crippen molar-refractivity contribution in [2.75, 3.05) is 19.0 Å². The molecule has 2 aromatic carbocycles. The van der Waals surface area contributed by atoms with Crippen molar-refractivity contribution in [1.82, 2.24) is 0 Å². The Kier molecular flexibility index (Phi) is 5.51. The van der Waals surface area contributed by atoms with Crippen LogP contribution in [0.3, 0.4) is 0 Å². The van der Waals surface area contributed by atoms with E-state index in [-0.39, 0.29) is 28.4 Å². The smallest absolute Gasteiger partial charge is 0.296 e. The predicted molar refractivity (Wildman–Crippen MR) is 88.7 cm³/mol. The summed E-state index contributed by atoms with van der Waals surface area (Å²) < 4.78 is 10.2. The number of carbonyl (C=O) groups is 2. The topological polar surface area (TPSA) is 134 Å². The van der Waals surface area contributed by atoms with Crippen LogP contribution in [-0.2, 0) is 4.79 Å². The lowest BCUT2D eigenvalue weighted by atomic mass is 10.2. The van der Waals surface area contributed by atoms with E-state index in [2.05, 4.69) is 5.32 Å². The summed E-state index contributed by atoms with van der Waals surface area (Å²) >= 11 is 0. The molecule has 130 valence electrons. The van der Waals surface area contributed by atoms with Crippen LogP contribution < -0.4 is 20.5 Å². The Morgan fingerprint density at radius 1 is 1.24 bits per heavy atom. The maximum absolute atomic E-state index is 12.0. The van der Waals surface area contributed by atoms with E-state index in [4.69, 9.17) is 15.2 Å². The Morgan fingerprint density at radius 3 is 2.60 bits per heavy atom. The summed E-state index contributed by atoms with van der Waals surface area (Å²) in [5.41, 5.74) is 5.04. The Balaban J connectivity index is 2.09. The second kappa shape index (κ2) is 7.77. The number of rotatable bonds is 7. The number of methoxy groups -OCH3 is 1. The maximum Gasteiger partial charge on any atom is 0.296 e. The summed E-state index contributed by atoms with van der Waals surface area (Å²) in [6.45, 7) is -0.451. The molecule has 0 heterocycles. The van der Waals surface area contributed by atoms with Gasteiger partial charge in [0.15, 0.2) is 6.61 Å². The quantitative estimate of drug-likeness (QED) is 0.579. The molecule has 9 heteroatoms. The molecule has 0 atom stereocenters. The highest BCUT2D eigenvalue weighted by molar-refractivity contribution is 5.96. The molecule has 0 saturated heterocycles. The van der Waals surface area contributed by atoms with Gasteiger partial charge in [0.2, 0.25) is 0 Å². The van der Waals surface area contributed by atoms with Gasteiger partial charge in [0.05, 0.1) is 23.7 Å². The first-order chi connectivity index (χ1) is 11.9. The molecule has 0 bridgehead atoms. The first kappa shape index (κ1) is 17.7. The van der Waals surface area contributed by atoms with Crippen molar-refractivity contribution in [2.45, 2.75) is 0 Å². The van der Waals surface area contributed by atoms with E-state index in [0.29, 0.717) is 0 Å². The molecule has 2 amide bonds. The maximum atomic E-state index is 12.0. The number of hydrogen-bond acceptors (Lipinski definition) is 6. The molecule has 0 unspecified atom stereocenters. The van der Waals surface area contributed by atoms with Gasteiger partial charge in [-0.2, -0.15) is 0 Å². The highest BCUT2D eigenvalue weighted by atomic mass is 16.6. The second-order valence-corrected chi connectivity index (χ2v) is 4.84. The zero-order valence-electron chi connectivity index (χ0n) is 13.2. The Bertz CT molecular complexity index is 821. The number of nitro benzene ring substituents is 1. The number of hydrogen-bond donors (Lipinski definition) is 2. The lowest BCUT2D eigenvalue weighted by Gasteiger charge is -2.10. The van der Waals surface area contributed by atoms with Crippen LogP contribution in [0.25, 0.3) is 0 Å². The van der Waals surface area contributed by atoms with Gasteiger partial charge in [0.25, 0.3) is 17.5 Å². The molecule has 0 fully saturated rings. The standard InChI is InChI=1S/C16H15N3O6/c1-24-10-6-7-12(13(8-10)19(22)23)18-15(20)9-25-14-5-3-2-4-11(14)16(17)21/h2-8H,9H2,1H3,(H2,17,21)(H,18,20). The number of carbonyl (C=O) groups excluding carboxylic acids is 2. The van der Waals surface area contributed by atoms with Crippen molar-refractivity contribution in [3.8, 4) is 11.5 Å². The lowest BCUT2D eigenvalue weighted by Crippen LogP contribution is -2.22. The van der Waals surface area contributed by atoms with Gasteiger partial charge in [-0.25, -0.2) is 0 Å². The molecule has 3 N–H and O–H groups in total. The van der Waals surface area contributed by atoms with Crippen molar-refractivity contribution in [3.63, 3.8) is 0 Å². The average Bonchev–Trinajstić information content (AvgIpc) is 2.60. The molecule has 0 aliphatic carbocycles. The van der Waals surface area contributed by atoms with Gasteiger partial charge in [-0.05, 0) is 24.3 Å². The number of ether oxygens (including phenoxy) is 2. The van der Waals surface area contributed by atoms with Crippen LogP contribution in [0.1, 0.15) is 10.4 Å². The van der Waals surface area contributed by atoms with Crippen molar-refractivity contribution >= 4 is 23.2 Å². The molecular weight excluding hydrogens is 330 g/mol. The minimum absolute atomic E-state index is 0.00239. The van der Waals surface area contributed by atoms with E-state index in [1.165, 1.54) is 37.4 Å². The van der Waals surface area contributed by atoms with E-state index in [0.717, 1.165) is 0 Å². The fourth-order valence-electron chi connectivity index (χ4n) is 2.02. The van der Waals surface area contributed by atoms with Crippen LogP contribution >= 0.6 is 0 Å². The summed E-state index contributed by atoms with van der Waals surface area (Å²) in [5, 5.41) is 13.5. The first-order valence-electron chi connectivity index (χ1n) is 7.06. The van der Waals surface area contributed by atoms with E-state index >= 15 is 0 Å². The van der Waals surface area contributed by atoms with Crippen molar-refractivity contribution in [1.29, 1.82) is 0 Å². The Labute approximate surface area is 142 Å². The minimum atomic E-state index is -0.693. The lowest BCUT2D eigenvalue weighted by molar-refractivity contribution is -0.384. The third kappa shape index (κ3) is 4.44. The molecule has 2 aromatic rings. The summed E-state index contributed by atoms with van der Waals surface area (Å²) in [7, 11) is 1.38. The number of anilines is 1. The molecule has 0 aliphatic rings. The Morgan fingerprint density at radius 2 is 1.96 bits per heavy atom. The van der Waals surface area contributed by atoms with Gasteiger partial charge >= 0.3 is 0 Å². The number of nitrogens with one attached hydrogen (secondary N) is 1. The minimum Gasteiger partial charge on any atom is -0.496 e. The number of nitrogens with zero attached hydrogens (tertiary/aromatic N) is 1. The van der Waals surface area contributed by atoms with Gasteiger partial charge < -0.3 is 20.5 Å². The number of primary amides is 1. The van der Waals surface area contributed by atoms with Crippen molar-refractivity contribution in [2.24, 2.45) is 5.73 Å². The largest absolute Gasteiger partial charge is 0.496 e. The molecule has 0 aromatic heterocycles. The Hall–Kier alpha value is -3.62. The molecule has 25 heavy (non-hydrogen) atoms. The van der Waals surface area contributed by atoms with Gasteiger partial charge in [-0.1, -0.05) is 12.1 Å². The predicted octanol–water partition coefficient (Wildman–Crippen LogP) is 1.72. The van der Waals surface area contributed by atoms with Gasteiger partial charge in [-0.3, -0.25) is 19.7 Å². The summed E-state index contributed by atoms with van der Waals surface area (Å²) in [4.78, 5) is 33.7. The second-order valence-electron chi connectivity index (χ2n) is 4.84. The average molecular weight is 345 g/mol. The fourth-order valence-corrected chi connectivity index (χ4v) is 2.02. The first-order valence-corrected chi connectivity index (χ1v) is 7.06. The van der Waals surface area contributed by atoms with Crippen LogP contribution in [0.15, 0.2) is 42.5 Å². The number of para-hydroxylation sites is 1. The highest BCUT2D eigenvalue weighted by Gasteiger charge is 2.18.